The van der Waals surface area contributed by atoms with Crippen LogP contribution in [0, 0.1) is 5.82 Å². The van der Waals surface area contributed by atoms with Gasteiger partial charge in [0.25, 0.3) is 5.91 Å². The third-order valence-corrected chi connectivity index (χ3v) is 8.38. The number of benzene rings is 3. The summed E-state index contributed by atoms with van der Waals surface area (Å²) in [6.45, 7) is 0.452. The number of hydrogen-bond donors (Lipinski definition) is 2. The minimum Gasteiger partial charge on any atom is -0.484 e. The number of rotatable bonds is 12. The van der Waals surface area contributed by atoms with Crippen molar-refractivity contribution in [2.24, 2.45) is 0 Å². The summed E-state index contributed by atoms with van der Waals surface area (Å²) in [5, 5.41) is 11.9. The minimum atomic E-state index is -3.69. The second-order valence-corrected chi connectivity index (χ2v) is 11.2. The van der Waals surface area contributed by atoms with E-state index in [1.807, 2.05) is 0 Å². The number of aliphatic hydroxyl groups excluding tert-OH is 1. The molecule has 10 nitrogen and oxygen atoms in total. The fourth-order valence-corrected chi connectivity index (χ4v) is 5.77. The third-order valence-electron chi connectivity index (χ3n) is 6.47. The zero-order chi connectivity index (χ0) is 29.2. The monoisotopic (exact) mass is 585 g/mol. The summed E-state index contributed by atoms with van der Waals surface area (Å²) in [5.41, 5.74) is 1.13. The highest BCUT2D eigenvalue weighted by Gasteiger charge is 2.32. The molecule has 0 radical (unpaired) electrons. The number of carbonyl (C=O) groups excluding carboxylic acids is 2. The molecule has 3 aromatic carbocycles. The predicted molar refractivity (Wildman–Crippen MR) is 148 cm³/mol. The van der Waals surface area contributed by atoms with Gasteiger partial charge in [0.2, 0.25) is 15.9 Å². The van der Waals surface area contributed by atoms with E-state index in [-0.39, 0.29) is 43.4 Å². The van der Waals surface area contributed by atoms with Crippen molar-refractivity contribution in [3.8, 4) is 5.75 Å². The van der Waals surface area contributed by atoms with Crippen LogP contribution in [0.15, 0.2) is 83.8 Å². The average Bonchev–Trinajstić information content (AvgIpc) is 3.00. The van der Waals surface area contributed by atoms with E-state index in [9.17, 15) is 27.5 Å². The summed E-state index contributed by atoms with van der Waals surface area (Å²) in [7, 11) is -3.69. The molecule has 0 spiro atoms. The Hall–Kier alpha value is -3.84. The zero-order valence-corrected chi connectivity index (χ0v) is 23.1. The lowest BCUT2D eigenvalue weighted by molar-refractivity contribution is -0.143. The van der Waals surface area contributed by atoms with Gasteiger partial charge in [-0.15, -0.1) is 0 Å². The SMILES string of the molecule is O=C(NCCO)C(c1ccccc1)N(Cc1ccc(F)cc1)C(=O)COc1ccc(S(=O)(=O)N2CCOCC2)cc1. The first-order chi connectivity index (χ1) is 19.8. The summed E-state index contributed by atoms with van der Waals surface area (Å²) >= 11 is 0. The summed E-state index contributed by atoms with van der Waals surface area (Å²) < 4.78 is 51.6. The van der Waals surface area contributed by atoms with Crippen LogP contribution < -0.4 is 10.1 Å². The largest absolute Gasteiger partial charge is 0.484 e. The molecule has 1 saturated heterocycles. The Balaban J connectivity index is 1.54. The highest BCUT2D eigenvalue weighted by atomic mass is 32.2. The first kappa shape index (κ1) is 30.1. The fourth-order valence-electron chi connectivity index (χ4n) is 4.37. The number of morpholine rings is 1. The molecule has 2 amide bonds. The lowest BCUT2D eigenvalue weighted by Gasteiger charge is -2.31. The molecule has 41 heavy (non-hydrogen) atoms. The number of hydrogen-bond acceptors (Lipinski definition) is 7. The zero-order valence-electron chi connectivity index (χ0n) is 22.3. The molecule has 0 bridgehead atoms. The molecule has 3 aromatic rings. The van der Waals surface area contributed by atoms with Gasteiger partial charge in [-0.1, -0.05) is 42.5 Å². The van der Waals surface area contributed by atoms with Crippen molar-refractivity contribution in [1.29, 1.82) is 0 Å². The van der Waals surface area contributed by atoms with E-state index in [0.717, 1.165) is 0 Å². The van der Waals surface area contributed by atoms with Gasteiger partial charge >= 0.3 is 0 Å². The predicted octanol–water partition coefficient (Wildman–Crippen LogP) is 2.10. The van der Waals surface area contributed by atoms with Gasteiger partial charge in [0.1, 0.15) is 17.6 Å². The maximum Gasteiger partial charge on any atom is 0.261 e. The van der Waals surface area contributed by atoms with Gasteiger partial charge in [-0.25, -0.2) is 12.8 Å². The summed E-state index contributed by atoms with van der Waals surface area (Å²) in [6.07, 6.45) is 0. The Labute approximate surface area is 238 Å². The smallest absolute Gasteiger partial charge is 0.261 e. The average molecular weight is 586 g/mol. The van der Waals surface area contributed by atoms with Crippen LogP contribution in [-0.4, -0.2) is 80.6 Å². The molecular weight excluding hydrogens is 553 g/mol. The van der Waals surface area contributed by atoms with Crippen LogP contribution in [0.3, 0.4) is 0 Å². The lowest BCUT2D eigenvalue weighted by atomic mass is 10.0. The fraction of sp³-hybridized carbons (Fsp3) is 0.310. The number of nitrogens with zero attached hydrogens (tertiary/aromatic N) is 2. The number of aliphatic hydroxyl groups is 1. The second kappa shape index (κ2) is 14.2. The second-order valence-electron chi connectivity index (χ2n) is 9.25. The van der Waals surface area contributed by atoms with Crippen molar-refractivity contribution in [2.45, 2.75) is 17.5 Å². The normalized spacial score (nSPS) is 14.7. The Morgan fingerprint density at radius 1 is 1.00 bits per heavy atom. The summed E-state index contributed by atoms with van der Waals surface area (Å²) in [5.74, 6) is -1.21. The van der Waals surface area contributed by atoms with Crippen molar-refractivity contribution >= 4 is 21.8 Å². The van der Waals surface area contributed by atoms with Gasteiger partial charge in [-0.2, -0.15) is 4.31 Å². The van der Waals surface area contributed by atoms with Gasteiger partial charge in [0.15, 0.2) is 6.61 Å². The topological polar surface area (TPSA) is 125 Å². The molecule has 12 heteroatoms. The van der Waals surface area contributed by atoms with Gasteiger partial charge in [0, 0.05) is 26.2 Å². The van der Waals surface area contributed by atoms with Crippen molar-refractivity contribution in [3.05, 3.63) is 95.8 Å². The van der Waals surface area contributed by atoms with Gasteiger partial charge in [0.05, 0.1) is 24.7 Å². The van der Waals surface area contributed by atoms with E-state index in [4.69, 9.17) is 9.47 Å². The Bertz CT molecular complexity index is 1400. The summed E-state index contributed by atoms with van der Waals surface area (Å²) in [4.78, 5) is 28.3. The molecule has 1 aliphatic rings. The van der Waals surface area contributed by atoms with Crippen molar-refractivity contribution in [3.63, 3.8) is 0 Å². The molecule has 1 fully saturated rings. The molecule has 0 aromatic heterocycles. The Kier molecular flexibility index (Phi) is 10.4. The van der Waals surface area contributed by atoms with E-state index in [1.54, 1.807) is 30.3 Å². The quantitative estimate of drug-likeness (QED) is 0.334. The number of halogens is 1. The molecule has 0 aliphatic carbocycles. The first-order valence-electron chi connectivity index (χ1n) is 13.1. The molecule has 1 unspecified atom stereocenters. The molecule has 1 atom stereocenters. The summed E-state index contributed by atoms with van der Waals surface area (Å²) in [6, 6.07) is 19.0. The molecule has 218 valence electrons. The maximum atomic E-state index is 13.6. The van der Waals surface area contributed by atoms with Crippen molar-refractivity contribution in [2.75, 3.05) is 46.1 Å². The molecule has 2 N–H and O–H groups in total. The number of ether oxygens (including phenoxy) is 2. The third kappa shape index (κ3) is 7.88. The Morgan fingerprint density at radius 3 is 2.29 bits per heavy atom. The van der Waals surface area contributed by atoms with Crippen LogP contribution >= 0.6 is 0 Å². The molecule has 1 heterocycles. The van der Waals surface area contributed by atoms with E-state index in [2.05, 4.69) is 5.32 Å². The molecule has 4 rings (SSSR count). The standard InChI is InChI=1S/C29H32FN3O7S/c30-24-8-6-22(7-9-24)20-33(28(29(36)31-14-17-34)23-4-2-1-3-5-23)27(35)21-40-25-10-12-26(13-11-25)41(37,38)32-15-18-39-19-16-32/h1-13,28,34H,14-21H2,(H,31,36). The van der Waals surface area contributed by atoms with Crippen LogP contribution in [0.1, 0.15) is 17.2 Å². The highest BCUT2D eigenvalue weighted by Crippen LogP contribution is 2.25. The van der Waals surface area contributed by atoms with Crippen LogP contribution in [0.2, 0.25) is 0 Å². The molecular formula is C29H32FN3O7S. The van der Waals surface area contributed by atoms with Crippen LogP contribution in [0.4, 0.5) is 4.39 Å². The van der Waals surface area contributed by atoms with E-state index < -0.39 is 40.3 Å². The van der Waals surface area contributed by atoms with Crippen LogP contribution in [0.5, 0.6) is 5.75 Å². The number of carbonyl (C=O) groups is 2. The lowest BCUT2D eigenvalue weighted by Crippen LogP contribution is -2.45. The van der Waals surface area contributed by atoms with E-state index in [0.29, 0.717) is 24.3 Å². The highest BCUT2D eigenvalue weighted by molar-refractivity contribution is 7.89. The maximum absolute atomic E-state index is 13.6. The van der Waals surface area contributed by atoms with Crippen LogP contribution in [-0.2, 0) is 30.9 Å². The number of amides is 2. The van der Waals surface area contributed by atoms with E-state index >= 15 is 0 Å². The van der Waals surface area contributed by atoms with E-state index in [1.165, 1.54) is 57.7 Å². The van der Waals surface area contributed by atoms with Crippen molar-refractivity contribution < 1.29 is 37.0 Å². The molecule has 0 saturated carbocycles. The number of sulfonamides is 1. The van der Waals surface area contributed by atoms with Crippen LogP contribution in [0.25, 0.3) is 0 Å². The first-order valence-corrected chi connectivity index (χ1v) is 14.5. The minimum absolute atomic E-state index is 0.00302. The van der Waals surface area contributed by atoms with Crippen molar-refractivity contribution in [1.82, 2.24) is 14.5 Å². The van der Waals surface area contributed by atoms with Gasteiger partial charge < -0.3 is 24.8 Å². The Morgan fingerprint density at radius 2 is 1.66 bits per heavy atom. The van der Waals surface area contributed by atoms with Gasteiger partial charge in [-0.05, 0) is 47.5 Å². The molecule has 1 aliphatic heterocycles. The van der Waals surface area contributed by atoms with Gasteiger partial charge in [-0.3, -0.25) is 9.59 Å². The number of nitrogens with one attached hydrogen (secondary N) is 1.